The maximum atomic E-state index is 11.1. The SMILES string of the molecule is CC(=O)c1nc(C)c2nc(I)ncc2n1. The number of Topliss-reactive ketones (excluding diaryl/α,β-unsaturated/α-hetero) is 1. The number of aryl methyl sites for hydroxylation is 1. The molecular formula is C9H7IN4O. The van der Waals surface area contributed by atoms with Gasteiger partial charge in [0, 0.05) is 29.5 Å². The summed E-state index contributed by atoms with van der Waals surface area (Å²) in [7, 11) is 0. The average Bonchev–Trinajstić information content (AvgIpc) is 2.18. The van der Waals surface area contributed by atoms with Crippen molar-refractivity contribution in [1.29, 1.82) is 0 Å². The second-order valence-electron chi connectivity index (χ2n) is 3.06. The van der Waals surface area contributed by atoms with E-state index in [0.29, 0.717) is 20.6 Å². The van der Waals surface area contributed by atoms with Gasteiger partial charge in [-0.25, -0.2) is 19.9 Å². The minimum Gasteiger partial charge on any atom is -0.291 e. The zero-order valence-electron chi connectivity index (χ0n) is 8.15. The van der Waals surface area contributed by atoms with Gasteiger partial charge >= 0.3 is 0 Å². The van der Waals surface area contributed by atoms with Gasteiger partial charge in [0.05, 0.1) is 11.9 Å². The Balaban J connectivity index is 2.78. The average molecular weight is 314 g/mol. The Labute approximate surface area is 99.5 Å². The first-order chi connectivity index (χ1) is 7.08. The predicted molar refractivity (Wildman–Crippen MR) is 62.6 cm³/mol. The van der Waals surface area contributed by atoms with Gasteiger partial charge in [-0.1, -0.05) is 0 Å². The highest BCUT2D eigenvalue weighted by Crippen LogP contribution is 2.12. The Morgan fingerprint density at radius 3 is 2.73 bits per heavy atom. The maximum Gasteiger partial charge on any atom is 0.197 e. The molecule has 0 aliphatic carbocycles. The van der Waals surface area contributed by atoms with Crippen molar-refractivity contribution in [3.63, 3.8) is 0 Å². The van der Waals surface area contributed by atoms with Crippen molar-refractivity contribution in [3.8, 4) is 0 Å². The lowest BCUT2D eigenvalue weighted by Gasteiger charge is -2.02. The lowest BCUT2D eigenvalue weighted by atomic mass is 10.3. The van der Waals surface area contributed by atoms with Gasteiger partial charge in [-0.05, 0) is 6.92 Å². The Hall–Kier alpha value is -1.18. The van der Waals surface area contributed by atoms with Gasteiger partial charge in [0.2, 0.25) is 0 Å². The number of carbonyl (C=O) groups is 1. The molecule has 0 aromatic carbocycles. The van der Waals surface area contributed by atoms with E-state index in [1.807, 2.05) is 22.6 Å². The van der Waals surface area contributed by atoms with Crippen LogP contribution in [0.5, 0.6) is 0 Å². The first kappa shape index (κ1) is 10.3. The number of aromatic nitrogens is 4. The minimum atomic E-state index is -0.154. The molecule has 0 saturated heterocycles. The summed E-state index contributed by atoms with van der Waals surface area (Å²) < 4.78 is 0.641. The molecule has 0 aliphatic heterocycles. The van der Waals surface area contributed by atoms with Crippen LogP contribution in [0.3, 0.4) is 0 Å². The van der Waals surface area contributed by atoms with Crippen molar-refractivity contribution in [2.45, 2.75) is 13.8 Å². The Morgan fingerprint density at radius 1 is 1.33 bits per heavy atom. The number of rotatable bonds is 1. The fourth-order valence-corrected chi connectivity index (χ4v) is 1.59. The van der Waals surface area contributed by atoms with Crippen molar-refractivity contribution >= 4 is 39.4 Å². The van der Waals surface area contributed by atoms with Crippen LogP contribution in [0.15, 0.2) is 6.20 Å². The molecule has 0 N–H and O–H groups in total. The van der Waals surface area contributed by atoms with E-state index in [2.05, 4.69) is 19.9 Å². The third-order valence-corrected chi connectivity index (χ3v) is 2.42. The van der Waals surface area contributed by atoms with E-state index >= 15 is 0 Å². The molecule has 0 unspecified atom stereocenters. The molecule has 5 nitrogen and oxygen atoms in total. The second kappa shape index (κ2) is 3.76. The van der Waals surface area contributed by atoms with Crippen LogP contribution in [0.4, 0.5) is 0 Å². The molecule has 0 aliphatic rings. The van der Waals surface area contributed by atoms with Gasteiger partial charge in [-0.3, -0.25) is 4.79 Å². The molecule has 2 aromatic heterocycles. The molecule has 2 heterocycles. The molecule has 0 spiro atoms. The summed E-state index contributed by atoms with van der Waals surface area (Å²) in [6.45, 7) is 3.24. The van der Waals surface area contributed by atoms with Crippen molar-refractivity contribution in [2.24, 2.45) is 0 Å². The van der Waals surface area contributed by atoms with Crippen LogP contribution in [0, 0.1) is 10.8 Å². The Bertz CT molecular complexity index is 555. The lowest BCUT2D eigenvalue weighted by Crippen LogP contribution is -2.05. The number of carbonyl (C=O) groups excluding carboxylic acids is 1. The third kappa shape index (κ3) is 1.94. The highest BCUT2D eigenvalue weighted by atomic mass is 127. The van der Waals surface area contributed by atoms with Crippen molar-refractivity contribution in [3.05, 3.63) is 21.5 Å². The van der Waals surface area contributed by atoms with Crippen molar-refractivity contribution in [1.82, 2.24) is 19.9 Å². The zero-order chi connectivity index (χ0) is 11.0. The Morgan fingerprint density at radius 2 is 2.07 bits per heavy atom. The number of ketones is 1. The predicted octanol–water partition coefficient (Wildman–Crippen LogP) is 1.54. The molecule has 0 saturated carbocycles. The molecule has 2 rings (SSSR count). The smallest absolute Gasteiger partial charge is 0.197 e. The monoisotopic (exact) mass is 314 g/mol. The minimum absolute atomic E-state index is 0.154. The topological polar surface area (TPSA) is 68.6 Å². The van der Waals surface area contributed by atoms with E-state index in [-0.39, 0.29) is 11.6 Å². The highest BCUT2D eigenvalue weighted by Gasteiger charge is 2.09. The summed E-state index contributed by atoms with van der Waals surface area (Å²) in [5.41, 5.74) is 2.00. The maximum absolute atomic E-state index is 11.1. The van der Waals surface area contributed by atoms with E-state index in [0.717, 1.165) is 0 Å². The van der Waals surface area contributed by atoms with Crippen LogP contribution >= 0.6 is 22.6 Å². The fraction of sp³-hybridized carbons (Fsp3) is 0.222. The lowest BCUT2D eigenvalue weighted by molar-refractivity contribution is 0.100. The van der Waals surface area contributed by atoms with E-state index in [1.165, 1.54) is 6.92 Å². The van der Waals surface area contributed by atoms with E-state index in [4.69, 9.17) is 0 Å². The first-order valence-corrected chi connectivity index (χ1v) is 5.33. The summed E-state index contributed by atoms with van der Waals surface area (Å²) in [5.74, 6) is 0.0587. The van der Waals surface area contributed by atoms with Gasteiger partial charge < -0.3 is 0 Å². The van der Waals surface area contributed by atoms with Crippen LogP contribution in [-0.4, -0.2) is 25.7 Å². The fourth-order valence-electron chi connectivity index (χ4n) is 1.21. The third-order valence-electron chi connectivity index (χ3n) is 1.90. The van der Waals surface area contributed by atoms with E-state index in [9.17, 15) is 4.79 Å². The molecule has 0 radical (unpaired) electrons. The van der Waals surface area contributed by atoms with Gasteiger partial charge in [-0.15, -0.1) is 0 Å². The quantitative estimate of drug-likeness (QED) is 0.454. The second-order valence-corrected chi connectivity index (χ2v) is 4.03. The summed E-state index contributed by atoms with van der Waals surface area (Å²) in [6.07, 6.45) is 1.60. The summed E-state index contributed by atoms with van der Waals surface area (Å²) >= 11 is 2.02. The van der Waals surface area contributed by atoms with Gasteiger partial charge in [0.15, 0.2) is 15.4 Å². The molecule has 2 aromatic rings. The number of hydrogen-bond acceptors (Lipinski definition) is 5. The molecule has 15 heavy (non-hydrogen) atoms. The number of halogens is 1. The number of hydrogen-bond donors (Lipinski definition) is 0. The van der Waals surface area contributed by atoms with E-state index < -0.39 is 0 Å². The molecule has 0 bridgehead atoms. The van der Waals surface area contributed by atoms with Gasteiger partial charge in [0.1, 0.15) is 11.0 Å². The van der Waals surface area contributed by atoms with Crippen LogP contribution < -0.4 is 0 Å². The largest absolute Gasteiger partial charge is 0.291 e. The van der Waals surface area contributed by atoms with Crippen molar-refractivity contribution in [2.75, 3.05) is 0 Å². The van der Waals surface area contributed by atoms with E-state index in [1.54, 1.807) is 13.1 Å². The summed E-state index contributed by atoms with van der Waals surface area (Å²) in [4.78, 5) is 27.6. The zero-order valence-corrected chi connectivity index (χ0v) is 10.3. The number of nitrogens with zero attached hydrogens (tertiary/aromatic N) is 4. The van der Waals surface area contributed by atoms with Crippen LogP contribution in [0.2, 0.25) is 0 Å². The van der Waals surface area contributed by atoms with Crippen LogP contribution in [0.1, 0.15) is 23.2 Å². The Kier molecular flexibility index (Phi) is 2.59. The molecule has 0 fully saturated rings. The van der Waals surface area contributed by atoms with Gasteiger partial charge in [-0.2, -0.15) is 0 Å². The highest BCUT2D eigenvalue weighted by molar-refractivity contribution is 14.1. The normalized spacial score (nSPS) is 10.6. The molecule has 0 amide bonds. The molecule has 76 valence electrons. The molecule has 6 heteroatoms. The standard InChI is InChI=1S/C9H7IN4O/c1-4-7-6(3-11-9(10)14-7)13-8(12-4)5(2)15/h3H,1-2H3. The number of fused-ring (bicyclic) bond motifs is 1. The van der Waals surface area contributed by atoms with Crippen LogP contribution in [-0.2, 0) is 0 Å². The van der Waals surface area contributed by atoms with Crippen LogP contribution in [0.25, 0.3) is 11.0 Å². The first-order valence-electron chi connectivity index (χ1n) is 4.26. The molecule has 0 atom stereocenters. The summed E-state index contributed by atoms with van der Waals surface area (Å²) in [5, 5.41) is 0. The summed E-state index contributed by atoms with van der Waals surface area (Å²) in [6, 6.07) is 0. The van der Waals surface area contributed by atoms with Gasteiger partial charge in [0.25, 0.3) is 0 Å². The molecular weight excluding hydrogens is 307 g/mol. The van der Waals surface area contributed by atoms with Crippen molar-refractivity contribution < 1.29 is 4.79 Å².